The van der Waals surface area contributed by atoms with Crippen LogP contribution in [0.1, 0.15) is 17.4 Å². The fourth-order valence-electron chi connectivity index (χ4n) is 1.75. The highest BCUT2D eigenvalue weighted by molar-refractivity contribution is 5.92. The number of ketones is 1. The summed E-state index contributed by atoms with van der Waals surface area (Å²) >= 11 is 0. The van der Waals surface area contributed by atoms with Gasteiger partial charge in [-0.2, -0.15) is 0 Å². The molecule has 1 aliphatic heterocycles. The number of anilines is 1. The van der Waals surface area contributed by atoms with E-state index in [2.05, 4.69) is 26.8 Å². The Balaban J connectivity index is 2.14. The maximum absolute atomic E-state index is 11.2. The Bertz CT molecular complexity index is 385. The molecular weight excluding hydrogens is 204 g/mol. The van der Waals surface area contributed by atoms with Gasteiger partial charge in [0.25, 0.3) is 0 Å². The number of likely N-dealkylation sites (N-methyl/N-ethyl adjacent to an activating group) is 1. The molecule has 0 unspecified atom stereocenters. The summed E-state index contributed by atoms with van der Waals surface area (Å²) in [4.78, 5) is 23.9. The van der Waals surface area contributed by atoms with Gasteiger partial charge in [0, 0.05) is 39.2 Å². The van der Waals surface area contributed by atoms with Crippen LogP contribution in [-0.4, -0.2) is 53.9 Å². The van der Waals surface area contributed by atoms with E-state index in [1.807, 2.05) is 0 Å². The van der Waals surface area contributed by atoms with Gasteiger partial charge in [-0.1, -0.05) is 0 Å². The standard InChI is InChI=1S/C11H16N4O/c1-9(16)10-7-11(13-8-12-10)15-5-3-14(2)4-6-15/h7-8H,3-6H2,1-2H3. The molecule has 0 aromatic carbocycles. The van der Waals surface area contributed by atoms with Gasteiger partial charge in [0.1, 0.15) is 17.8 Å². The van der Waals surface area contributed by atoms with Crippen LogP contribution >= 0.6 is 0 Å². The average Bonchev–Trinajstić information content (AvgIpc) is 2.30. The number of nitrogens with zero attached hydrogens (tertiary/aromatic N) is 4. The summed E-state index contributed by atoms with van der Waals surface area (Å²) in [5.74, 6) is 0.839. The molecule has 1 aromatic heterocycles. The van der Waals surface area contributed by atoms with Gasteiger partial charge in [0.15, 0.2) is 5.78 Å². The largest absolute Gasteiger partial charge is 0.354 e. The van der Waals surface area contributed by atoms with Crippen LogP contribution in [0.25, 0.3) is 0 Å². The summed E-state index contributed by atoms with van der Waals surface area (Å²) in [6.45, 7) is 5.48. The first-order chi connectivity index (χ1) is 7.66. The topological polar surface area (TPSA) is 49.3 Å². The lowest BCUT2D eigenvalue weighted by atomic mass is 10.2. The summed E-state index contributed by atoms with van der Waals surface area (Å²) in [7, 11) is 2.11. The highest BCUT2D eigenvalue weighted by Crippen LogP contribution is 2.13. The van der Waals surface area contributed by atoms with Crippen LogP contribution in [0.2, 0.25) is 0 Å². The van der Waals surface area contributed by atoms with Crippen molar-refractivity contribution in [3.63, 3.8) is 0 Å². The Morgan fingerprint density at radius 3 is 2.56 bits per heavy atom. The van der Waals surface area contributed by atoms with E-state index in [-0.39, 0.29) is 5.78 Å². The highest BCUT2D eigenvalue weighted by atomic mass is 16.1. The van der Waals surface area contributed by atoms with E-state index in [0.29, 0.717) is 5.69 Å². The molecule has 0 amide bonds. The van der Waals surface area contributed by atoms with Gasteiger partial charge in [0.2, 0.25) is 0 Å². The molecule has 0 spiro atoms. The molecule has 0 radical (unpaired) electrons. The minimum Gasteiger partial charge on any atom is -0.354 e. The van der Waals surface area contributed by atoms with Crippen molar-refractivity contribution in [1.82, 2.24) is 14.9 Å². The van der Waals surface area contributed by atoms with Gasteiger partial charge in [-0.05, 0) is 7.05 Å². The molecule has 5 nitrogen and oxygen atoms in total. The maximum atomic E-state index is 11.2. The Morgan fingerprint density at radius 1 is 1.25 bits per heavy atom. The van der Waals surface area contributed by atoms with Gasteiger partial charge >= 0.3 is 0 Å². The first-order valence-electron chi connectivity index (χ1n) is 5.43. The summed E-state index contributed by atoms with van der Waals surface area (Å²) in [5, 5.41) is 0. The molecule has 1 fully saturated rings. The van der Waals surface area contributed by atoms with E-state index >= 15 is 0 Å². The molecule has 0 aliphatic carbocycles. The van der Waals surface area contributed by atoms with Crippen LogP contribution in [0.3, 0.4) is 0 Å². The smallest absolute Gasteiger partial charge is 0.178 e. The Labute approximate surface area is 95.1 Å². The predicted octanol–water partition coefficient (Wildman–Crippen LogP) is 0.431. The highest BCUT2D eigenvalue weighted by Gasteiger charge is 2.16. The lowest BCUT2D eigenvalue weighted by molar-refractivity contribution is 0.101. The molecule has 1 aromatic rings. The molecule has 16 heavy (non-hydrogen) atoms. The number of hydrogen-bond acceptors (Lipinski definition) is 5. The Hall–Kier alpha value is -1.49. The van der Waals surface area contributed by atoms with Crippen LogP contribution in [0.5, 0.6) is 0 Å². The lowest BCUT2D eigenvalue weighted by Crippen LogP contribution is -2.44. The van der Waals surface area contributed by atoms with Crippen molar-refractivity contribution in [3.8, 4) is 0 Å². The summed E-state index contributed by atoms with van der Waals surface area (Å²) in [6.07, 6.45) is 1.46. The number of rotatable bonds is 2. The summed E-state index contributed by atoms with van der Waals surface area (Å²) in [5.41, 5.74) is 0.490. The fourth-order valence-corrected chi connectivity index (χ4v) is 1.75. The number of carbonyl (C=O) groups excluding carboxylic acids is 1. The molecule has 1 aliphatic rings. The van der Waals surface area contributed by atoms with E-state index in [9.17, 15) is 4.79 Å². The summed E-state index contributed by atoms with van der Waals surface area (Å²) < 4.78 is 0. The van der Waals surface area contributed by atoms with Crippen molar-refractivity contribution in [2.24, 2.45) is 0 Å². The monoisotopic (exact) mass is 220 g/mol. The first-order valence-corrected chi connectivity index (χ1v) is 5.43. The number of piperazine rings is 1. The van der Waals surface area contributed by atoms with Gasteiger partial charge in [-0.15, -0.1) is 0 Å². The number of hydrogen-bond donors (Lipinski definition) is 0. The second-order valence-electron chi connectivity index (χ2n) is 4.11. The third-order valence-corrected chi connectivity index (χ3v) is 2.84. The average molecular weight is 220 g/mol. The molecule has 86 valence electrons. The van der Waals surface area contributed by atoms with Crippen molar-refractivity contribution in [2.45, 2.75) is 6.92 Å². The van der Waals surface area contributed by atoms with Crippen LogP contribution < -0.4 is 4.90 Å². The minimum atomic E-state index is -0.0159. The van der Waals surface area contributed by atoms with Crippen LogP contribution in [0.15, 0.2) is 12.4 Å². The second kappa shape index (κ2) is 4.57. The Morgan fingerprint density at radius 2 is 1.94 bits per heavy atom. The molecule has 0 saturated carbocycles. The van der Waals surface area contributed by atoms with Crippen LogP contribution in [-0.2, 0) is 0 Å². The van der Waals surface area contributed by atoms with Gasteiger partial charge in [0.05, 0.1) is 0 Å². The minimum absolute atomic E-state index is 0.0159. The third kappa shape index (κ3) is 2.36. The van der Waals surface area contributed by atoms with E-state index in [1.54, 1.807) is 6.07 Å². The van der Waals surface area contributed by atoms with Crippen molar-refractivity contribution >= 4 is 11.6 Å². The number of aromatic nitrogens is 2. The van der Waals surface area contributed by atoms with Gasteiger partial charge < -0.3 is 9.80 Å². The second-order valence-corrected chi connectivity index (χ2v) is 4.11. The molecule has 2 heterocycles. The molecule has 0 N–H and O–H groups in total. The SMILES string of the molecule is CC(=O)c1cc(N2CCN(C)CC2)ncn1. The van der Waals surface area contributed by atoms with E-state index in [0.717, 1.165) is 32.0 Å². The van der Waals surface area contributed by atoms with Crippen molar-refractivity contribution in [2.75, 3.05) is 38.1 Å². The third-order valence-electron chi connectivity index (χ3n) is 2.84. The molecule has 2 rings (SSSR count). The molecule has 0 atom stereocenters. The van der Waals surface area contributed by atoms with Crippen molar-refractivity contribution in [1.29, 1.82) is 0 Å². The van der Waals surface area contributed by atoms with Crippen molar-refractivity contribution < 1.29 is 4.79 Å². The van der Waals surface area contributed by atoms with E-state index in [4.69, 9.17) is 0 Å². The zero-order valence-electron chi connectivity index (χ0n) is 9.68. The molecule has 5 heteroatoms. The molecule has 1 saturated heterocycles. The van der Waals surface area contributed by atoms with E-state index in [1.165, 1.54) is 13.3 Å². The van der Waals surface area contributed by atoms with Gasteiger partial charge in [-0.3, -0.25) is 4.79 Å². The predicted molar refractivity (Wildman–Crippen MR) is 61.7 cm³/mol. The van der Waals surface area contributed by atoms with E-state index < -0.39 is 0 Å². The number of carbonyl (C=O) groups is 1. The zero-order chi connectivity index (χ0) is 11.5. The van der Waals surface area contributed by atoms with Crippen LogP contribution in [0.4, 0.5) is 5.82 Å². The van der Waals surface area contributed by atoms with Crippen molar-refractivity contribution in [3.05, 3.63) is 18.1 Å². The van der Waals surface area contributed by atoms with Crippen LogP contribution in [0, 0.1) is 0 Å². The first kappa shape index (κ1) is 11.0. The lowest BCUT2D eigenvalue weighted by Gasteiger charge is -2.33. The van der Waals surface area contributed by atoms with Gasteiger partial charge in [-0.25, -0.2) is 9.97 Å². The normalized spacial score (nSPS) is 17.5. The molecule has 0 bridgehead atoms. The Kier molecular flexibility index (Phi) is 3.14. The molecular formula is C11H16N4O. The fraction of sp³-hybridized carbons (Fsp3) is 0.545. The maximum Gasteiger partial charge on any atom is 0.178 e. The number of Topliss-reactive ketones (excluding diaryl/α,β-unsaturated/α-hetero) is 1. The zero-order valence-corrected chi connectivity index (χ0v) is 9.68. The summed E-state index contributed by atoms with van der Waals surface area (Å²) in [6, 6.07) is 1.77. The quantitative estimate of drug-likeness (QED) is 0.676.